The zero-order chi connectivity index (χ0) is 15.4. The van der Waals surface area contributed by atoms with Gasteiger partial charge in [0.05, 0.1) is 7.11 Å². The molecule has 1 atom stereocenters. The van der Waals surface area contributed by atoms with Crippen molar-refractivity contribution in [3.8, 4) is 11.4 Å². The van der Waals surface area contributed by atoms with Crippen LogP contribution in [0.1, 0.15) is 17.7 Å². The van der Waals surface area contributed by atoms with Gasteiger partial charge in [-0.3, -0.25) is 4.57 Å². The Balaban J connectivity index is 1.82. The monoisotopic (exact) mass is 310 g/mol. The Morgan fingerprint density at radius 2 is 1.77 bits per heavy atom. The van der Waals surface area contributed by atoms with E-state index in [0.29, 0.717) is 5.25 Å². The van der Waals surface area contributed by atoms with E-state index in [0.717, 1.165) is 16.6 Å². The third-order valence-corrected chi connectivity index (χ3v) is 4.65. The minimum absolute atomic E-state index is 0.348. The summed E-state index contributed by atoms with van der Waals surface area (Å²) >= 11 is 1.76. The molecule has 0 spiro atoms. The van der Waals surface area contributed by atoms with E-state index >= 15 is 0 Å². The SMILES string of the molecule is COc1ccc(-n2ccnc2SC(C)c2ccccc2)cc1. The quantitative estimate of drug-likeness (QED) is 0.637. The van der Waals surface area contributed by atoms with E-state index in [2.05, 4.69) is 40.7 Å². The summed E-state index contributed by atoms with van der Waals surface area (Å²) in [5.74, 6) is 0.857. The number of imidazole rings is 1. The van der Waals surface area contributed by atoms with Gasteiger partial charge in [0.25, 0.3) is 0 Å². The molecule has 3 rings (SSSR count). The van der Waals surface area contributed by atoms with Crippen LogP contribution in [0, 0.1) is 0 Å². The first-order valence-corrected chi connectivity index (χ1v) is 8.05. The molecule has 1 heterocycles. The number of aromatic nitrogens is 2. The van der Waals surface area contributed by atoms with Crippen molar-refractivity contribution in [1.82, 2.24) is 9.55 Å². The number of hydrogen-bond acceptors (Lipinski definition) is 3. The molecule has 0 aliphatic rings. The van der Waals surface area contributed by atoms with Crippen LogP contribution in [0.3, 0.4) is 0 Å². The van der Waals surface area contributed by atoms with Gasteiger partial charge in [0, 0.05) is 23.3 Å². The first kappa shape index (κ1) is 14.7. The highest BCUT2D eigenvalue weighted by molar-refractivity contribution is 7.99. The lowest BCUT2D eigenvalue weighted by Crippen LogP contribution is -1.97. The van der Waals surface area contributed by atoms with Crippen molar-refractivity contribution in [1.29, 1.82) is 0 Å². The third-order valence-electron chi connectivity index (χ3n) is 3.51. The number of ether oxygens (including phenoxy) is 1. The standard InChI is InChI=1S/C18H18N2OS/c1-14(15-6-4-3-5-7-15)22-18-19-12-13-20(18)16-8-10-17(21-2)11-9-16/h3-14H,1-2H3. The Hall–Kier alpha value is -2.20. The van der Waals surface area contributed by atoms with Crippen molar-refractivity contribution in [2.75, 3.05) is 7.11 Å². The van der Waals surface area contributed by atoms with Crippen LogP contribution in [-0.4, -0.2) is 16.7 Å². The van der Waals surface area contributed by atoms with Gasteiger partial charge < -0.3 is 4.74 Å². The molecule has 0 saturated heterocycles. The molecular weight excluding hydrogens is 292 g/mol. The largest absolute Gasteiger partial charge is 0.497 e. The molecule has 0 N–H and O–H groups in total. The second-order valence-corrected chi connectivity index (χ2v) is 6.26. The van der Waals surface area contributed by atoms with Crippen LogP contribution < -0.4 is 4.74 Å². The maximum Gasteiger partial charge on any atom is 0.173 e. The molecule has 4 heteroatoms. The number of hydrogen-bond donors (Lipinski definition) is 0. The predicted molar refractivity (Wildman–Crippen MR) is 90.8 cm³/mol. The summed E-state index contributed by atoms with van der Waals surface area (Å²) in [6.07, 6.45) is 3.83. The normalized spacial score (nSPS) is 12.1. The Bertz CT molecular complexity index is 722. The van der Waals surface area contributed by atoms with Crippen LogP contribution in [0.15, 0.2) is 72.1 Å². The van der Waals surface area contributed by atoms with E-state index in [1.807, 2.05) is 42.7 Å². The summed E-state index contributed by atoms with van der Waals surface area (Å²) in [7, 11) is 1.68. The van der Waals surface area contributed by atoms with Gasteiger partial charge in [-0.15, -0.1) is 0 Å². The molecule has 2 aromatic carbocycles. The van der Waals surface area contributed by atoms with Crippen molar-refractivity contribution < 1.29 is 4.74 Å². The zero-order valence-electron chi connectivity index (χ0n) is 12.6. The lowest BCUT2D eigenvalue weighted by Gasteiger charge is -2.13. The molecule has 112 valence electrons. The molecule has 0 aliphatic carbocycles. The van der Waals surface area contributed by atoms with Crippen LogP contribution in [0.4, 0.5) is 0 Å². The third kappa shape index (κ3) is 3.17. The maximum atomic E-state index is 5.21. The average Bonchev–Trinajstić information content (AvgIpc) is 3.04. The van der Waals surface area contributed by atoms with Gasteiger partial charge in [-0.25, -0.2) is 4.98 Å². The second kappa shape index (κ2) is 6.71. The molecule has 0 bridgehead atoms. The summed E-state index contributed by atoms with van der Waals surface area (Å²) in [6, 6.07) is 18.5. The highest BCUT2D eigenvalue weighted by Crippen LogP contribution is 2.34. The van der Waals surface area contributed by atoms with Crippen LogP contribution in [0.2, 0.25) is 0 Å². The molecule has 22 heavy (non-hydrogen) atoms. The topological polar surface area (TPSA) is 27.1 Å². The number of nitrogens with zero attached hydrogens (tertiary/aromatic N) is 2. The van der Waals surface area contributed by atoms with E-state index in [1.165, 1.54) is 5.56 Å². The molecule has 0 saturated carbocycles. The Kier molecular flexibility index (Phi) is 4.49. The lowest BCUT2D eigenvalue weighted by molar-refractivity contribution is 0.414. The predicted octanol–water partition coefficient (Wildman–Crippen LogP) is 4.73. The fourth-order valence-corrected chi connectivity index (χ4v) is 3.28. The molecule has 1 aromatic heterocycles. The van der Waals surface area contributed by atoms with E-state index in [9.17, 15) is 0 Å². The van der Waals surface area contributed by atoms with Gasteiger partial charge >= 0.3 is 0 Å². The van der Waals surface area contributed by atoms with Gasteiger partial charge in [0.15, 0.2) is 5.16 Å². The average molecular weight is 310 g/mol. The maximum absolute atomic E-state index is 5.21. The van der Waals surface area contributed by atoms with Crippen molar-refractivity contribution in [3.05, 3.63) is 72.6 Å². The smallest absolute Gasteiger partial charge is 0.173 e. The summed E-state index contributed by atoms with van der Waals surface area (Å²) in [4.78, 5) is 4.50. The zero-order valence-corrected chi connectivity index (χ0v) is 13.5. The number of benzene rings is 2. The minimum atomic E-state index is 0.348. The minimum Gasteiger partial charge on any atom is -0.497 e. The fourth-order valence-electron chi connectivity index (χ4n) is 2.27. The highest BCUT2D eigenvalue weighted by atomic mass is 32.2. The van der Waals surface area contributed by atoms with E-state index in [4.69, 9.17) is 4.74 Å². The molecule has 1 unspecified atom stereocenters. The van der Waals surface area contributed by atoms with Gasteiger partial charge in [-0.1, -0.05) is 42.1 Å². The van der Waals surface area contributed by atoms with E-state index in [1.54, 1.807) is 18.9 Å². The van der Waals surface area contributed by atoms with Crippen molar-refractivity contribution in [3.63, 3.8) is 0 Å². The summed E-state index contributed by atoms with van der Waals surface area (Å²) in [5, 5.41) is 1.34. The van der Waals surface area contributed by atoms with Crippen LogP contribution in [-0.2, 0) is 0 Å². The molecule has 0 radical (unpaired) electrons. The fraction of sp³-hybridized carbons (Fsp3) is 0.167. The first-order chi connectivity index (χ1) is 10.8. The lowest BCUT2D eigenvalue weighted by atomic mass is 10.2. The Labute approximate surface area is 135 Å². The van der Waals surface area contributed by atoms with Crippen LogP contribution in [0.25, 0.3) is 5.69 Å². The first-order valence-electron chi connectivity index (χ1n) is 7.17. The molecular formula is C18H18N2OS. The number of methoxy groups -OCH3 is 1. The van der Waals surface area contributed by atoms with Gasteiger partial charge in [0.1, 0.15) is 5.75 Å². The van der Waals surface area contributed by atoms with Crippen molar-refractivity contribution >= 4 is 11.8 Å². The Morgan fingerprint density at radius 3 is 2.45 bits per heavy atom. The van der Waals surface area contributed by atoms with E-state index in [-0.39, 0.29) is 0 Å². The van der Waals surface area contributed by atoms with Crippen LogP contribution in [0.5, 0.6) is 5.75 Å². The molecule has 3 aromatic rings. The molecule has 0 amide bonds. The van der Waals surface area contributed by atoms with Crippen molar-refractivity contribution in [2.45, 2.75) is 17.3 Å². The van der Waals surface area contributed by atoms with Crippen molar-refractivity contribution in [2.24, 2.45) is 0 Å². The summed E-state index contributed by atoms with van der Waals surface area (Å²) in [5.41, 5.74) is 2.39. The van der Waals surface area contributed by atoms with Gasteiger partial charge in [-0.05, 0) is 36.8 Å². The van der Waals surface area contributed by atoms with Gasteiger partial charge in [0.2, 0.25) is 0 Å². The molecule has 3 nitrogen and oxygen atoms in total. The van der Waals surface area contributed by atoms with Crippen LogP contribution >= 0.6 is 11.8 Å². The van der Waals surface area contributed by atoms with Gasteiger partial charge in [-0.2, -0.15) is 0 Å². The number of thioether (sulfide) groups is 1. The van der Waals surface area contributed by atoms with E-state index < -0.39 is 0 Å². The summed E-state index contributed by atoms with van der Waals surface area (Å²) in [6.45, 7) is 2.20. The molecule has 0 aliphatic heterocycles. The summed E-state index contributed by atoms with van der Waals surface area (Å²) < 4.78 is 7.31. The highest BCUT2D eigenvalue weighted by Gasteiger charge is 2.12. The molecule has 0 fully saturated rings. The number of rotatable bonds is 5. The second-order valence-electron chi connectivity index (χ2n) is 4.95. The Morgan fingerprint density at radius 1 is 1.05 bits per heavy atom.